The van der Waals surface area contributed by atoms with Crippen LogP contribution in [0.15, 0.2) is 24.3 Å². The summed E-state index contributed by atoms with van der Waals surface area (Å²) in [4.78, 5) is 43.7. The van der Waals surface area contributed by atoms with Crippen LogP contribution in [0.5, 0.6) is 5.75 Å². The summed E-state index contributed by atoms with van der Waals surface area (Å²) in [5.41, 5.74) is 0.260. The molecule has 0 radical (unpaired) electrons. The first-order valence-electron chi connectivity index (χ1n) is 11.4. The van der Waals surface area contributed by atoms with Gasteiger partial charge in [-0.05, 0) is 61.3 Å². The highest BCUT2D eigenvalue weighted by molar-refractivity contribution is 5.89. The lowest BCUT2D eigenvalue weighted by Crippen LogP contribution is -2.50. The van der Waals surface area contributed by atoms with Crippen molar-refractivity contribution in [2.24, 2.45) is 16.7 Å². The molecule has 0 bridgehead atoms. The number of hydrogen-bond acceptors (Lipinski definition) is 4. The maximum absolute atomic E-state index is 13.3. The molecule has 1 aromatic rings. The number of carbonyl (C=O) groups excluding carboxylic acids is 3. The molecule has 2 heterocycles. The summed E-state index contributed by atoms with van der Waals surface area (Å²) >= 11 is 0. The van der Waals surface area contributed by atoms with Crippen molar-refractivity contribution in [2.75, 3.05) is 52.7 Å². The van der Waals surface area contributed by atoms with Crippen molar-refractivity contribution in [2.45, 2.75) is 32.6 Å². The summed E-state index contributed by atoms with van der Waals surface area (Å²) in [6.07, 6.45) is 3.53. The summed E-state index contributed by atoms with van der Waals surface area (Å²) in [5, 5.41) is 2.97. The Morgan fingerprint density at radius 2 is 1.69 bits per heavy atom. The standard InChI is InChI=1S/C24H34N4O4/c1-17(29)28-15-20-23(9-10-24(20,16-28)21(30)26(2)3)11-13-27(14-12-23)22(31)25-18-5-7-19(32-4)8-6-18/h5-8,20H,9-16H2,1-4H3,(H,25,31)/t20-,24+/m0/s1. The van der Waals surface area contributed by atoms with Crippen LogP contribution in [0.3, 0.4) is 0 Å². The molecule has 3 fully saturated rings. The van der Waals surface area contributed by atoms with Gasteiger partial charge in [-0.1, -0.05) is 0 Å². The Kier molecular flexibility index (Phi) is 5.81. The molecule has 0 unspecified atom stereocenters. The molecule has 1 spiro atoms. The molecule has 2 aliphatic heterocycles. The van der Waals surface area contributed by atoms with E-state index < -0.39 is 5.41 Å². The van der Waals surface area contributed by atoms with E-state index in [9.17, 15) is 14.4 Å². The molecule has 1 N–H and O–H groups in total. The Labute approximate surface area is 189 Å². The van der Waals surface area contributed by atoms with Crippen molar-refractivity contribution in [1.82, 2.24) is 14.7 Å². The lowest BCUT2D eigenvalue weighted by molar-refractivity contribution is -0.141. The van der Waals surface area contributed by atoms with Gasteiger partial charge in [0.1, 0.15) is 5.75 Å². The monoisotopic (exact) mass is 442 g/mol. The van der Waals surface area contributed by atoms with E-state index in [4.69, 9.17) is 4.74 Å². The third kappa shape index (κ3) is 3.69. The molecule has 4 amide bonds. The van der Waals surface area contributed by atoms with Gasteiger partial charge in [-0.3, -0.25) is 9.59 Å². The van der Waals surface area contributed by atoms with Gasteiger partial charge in [-0.25, -0.2) is 4.79 Å². The zero-order valence-corrected chi connectivity index (χ0v) is 19.5. The fraction of sp³-hybridized carbons (Fsp3) is 0.625. The number of rotatable bonds is 3. The normalized spacial score (nSPS) is 26.1. The number of ether oxygens (including phenoxy) is 1. The van der Waals surface area contributed by atoms with E-state index in [0.29, 0.717) is 26.2 Å². The number of amides is 4. The molecule has 4 rings (SSSR count). The third-order valence-electron chi connectivity index (χ3n) is 8.02. The molecule has 1 saturated carbocycles. The van der Waals surface area contributed by atoms with Crippen molar-refractivity contribution in [1.29, 1.82) is 0 Å². The van der Waals surface area contributed by atoms with E-state index >= 15 is 0 Å². The lowest BCUT2D eigenvalue weighted by atomic mass is 9.65. The number of nitrogens with zero attached hydrogens (tertiary/aromatic N) is 3. The number of carbonyl (C=O) groups is 3. The van der Waals surface area contributed by atoms with Crippen LogP contribution in [-0.4, -0.2) is 79.9 Å². The fourth-order valence-corrected chi connectivity index (χ4v) is 6.23. The van der Waals surface area contributed by atoms with E-state index in [-0.39, 0.29) is 29.2 Å². The first-order valence-corrected chi connectivity index (χ1v) is 11.4. The van der Waals surface area contributed by atoms with Gasteiger partial charge in [0.15, 0.2) is 0 Å². The average Bonchev–Trinajstić information content (AvgIpc) is 3.31. The van der Waals surface area contributed by atoms with Gasteiger partial charge < -0.3 is 24.8 Å². The predicted octanol–water partition coefficient (Wildman–Crippen LogP) is 2.66. The number of anilines is 1. The van der Waals surface area contributed by atoms with Gasteiger partial charge >= 0.3 is 6.03 Å². The maximum atomic E-state index is 13.3. The smallest absolute Gasteiger partial charge is 0.321 e. The minimum absolute atomic E-state index is 0.00671. The summed E-state index contributed by atoms with van der Waals surface area (Å²) in [6, 6.07) is 7.20. The molecular weight excluding hydrogens is 408 g/mol. The van der Waals surface area contributed by atoms with Crippen molar-refractivity contribution in [3.05, 3.63) is 24.3 Å². The Morgan fingerprint density at radius 3 is 2.25 bits per heavy atom. The number of nitrogens with one attached hydrogen (secondary N) is 1. The topological polar surface area (TPSA) is 82.2 Å². The number of benzene rings is 1. The highest BCUT2D eigenvalue weighted by Crippen LogP contribution is 2.62. The molecular formula is C24H34N4O4. The number of methoxy groups -OCH3 is 1. The number of likely N-dealkylation sites (tertiary alicyclic amines) is 2. The number of urea groups is 1. The quantitative estimate of drug-likeness (QED) is 0.780. The minimum atomic E-state index is -0.483. The van der Waals surface area contributed by atoms with Crippen LogP contribution in [-0.2, 0) is 9.59 Å². The van der Waals surface area contributed by atoms with Crippen LogP contribution in [0.4, 0.5) is 10.5 Å². The SMILES string of the molecule is COc1ccc(NC(=O)N2CCC3(CC2)CC[C@@]2(C(=O)N(C)C)CN(C(C)=O)C[C@@H]32)cc1. The zero-order chi connectivity index (χ0) is 23.1. The number of fused-ring (bicyclic) bond motifs is 2. The zero-order valence-electron chi connectivity index (χ0n) is 19.5. The van der Waals surface area contributed by atoms with Gasteiger partial charge in [-0.15, -0.1) is 0 Å². The summed E-state index contributed by atoms with van der Waals surface area (Å²) in [7, 11) is 5.23. The number of piperidine rings is 1. The minimum Gasteiger partial charge on any atom is -0.497 e. The largest absolute Gasteiger partial charge is 0.497 e. The Hall–Kier alpha value is -2.77. The van der Waals surface area contributed by atoms with Crippen LogP contribution in [0.1, 0.15) is 32.6 Å². The Morgan fingerprint density at radius 1 is 1.03 bits per heavy atom. The first-order chi connectivity index (χ1) is 15.2. The molecule has 3 aliphatic rings. The molecule has 1 aliphatic carbocycles. The van der Waals surface area contributed by atoms with Crippen molar-refractivity contribution in [3.63, 3.8) is 0 Å². The molecule has 8 nitrogen and oxygen atoms in total. The van der Waals surface area contributed by atoms with Crippen LogP contribution in [0.2, 0.25) is 0 Å². The van der Waals surface area contributed by atoms with Crippen LogP contribution in [0.25, 0.3) is 0 Å². The lowest BCUT2D eigenvalue weighted by Gasteiger charge is -2.44. The predicted molar refractivity (Wildman–Crippen MR) is 121 cm³/mol. The van der Waals surface area contributed by atoms with Gasteiger partial charge in [0.25, 0.3) is 0 Å². The van der Waals surface area contributed by atoms with Crippen LogP contribution in [0, 0.1) is 16.7 Å². The van der Waals surface area contributed by atoms with Gasteiger partial charge in [0.2, 0.25) is 11.8 Å². The van der Waals surface area contributed by atoms with Gasteiger partial charge in [0.05, 0.1) is 12.5 Å². The van der Waals surface area contributed by atoms with E-state index in [2.05, 4.69) is 5.32 Å². The summed E-state index contributed by atoms with van der Waals surface area (Å²) < 4.78 is 5.17. The number of hydrogen-bond donors (Lipinski definition) is 1. The maximum Gasteiger partial charge on any atom is 0.321 e. The van der Waals surface area contributed by atoms with Crippen LogP contribution >= 0.6 is 0 Å². The molecule has 1 aromatic carbocycles. The Bertz CT molecular complexity index is 892. The van der Waals surface area contributed by atoms with Gasteiger partial charge in [0, 0.05) is 52.9 Å². The second-order valence-electron chi connectivity index (χ2n) is 9.82. The van der Waals surface area contributed by atoms with Crippen molar-refractivity contribution >= 4 is 23.5 Å². The highest BCUT2D eigenvalue weighted by Gasteiger charge is 2.65. The molecule has 2 atom stereocenters. The third-order valence-corrected chi connectivity index (χ3v) is 8.02. The van der Waals surface area contributed by atoms with E-state index in [1.165, 1.54) is 0 Å². The van der Waals surface area contributed by atoms with Crippen molar-refractivity contribution < 1.29 is 19.1 Å². The summed E-state index contributed by atoms with van der Waals surface area (Å²) in [5.74, 6) is 1.08. The molecule has 8 heteroatoms. The van der Waals surface area contributed by atoms with E-state index in [1.807, 2.05) is 48.2 Å². The second-order valence-corrected chi connectivity index (χ2v) is 9.82. The molecule has 0 aromatic heterocycles. The molecule has 174 valence electrons. The Balaban J connectivity index is 1.45. The van der Waals surface area contributed by atoms with E-state index in [1.54, 1.807) is 18.9 Å². The second kappa shape index (κ2) is 8.30. The summed E-state index contributed by atoms with van der Waals surface area (Å²) in [6.45, 7) is 4.07. The average molecular weight is 443 g/mol. The van der Waals surface area contributed by atoms with Gasteiger partial charge in [-0.2, -0.15) is 0 Å². The molecule has 2 saturated heterocycles. The van der Waals surface area contributed by atoms with E-state index in [0.717, 1.165) is 37.1 Å². The van der Waals surface area contributed by atoms with Crippen LogP contribution < -0.4 is 10.1 Å². The first kappa shape index (κ1) is 22.4. The molecule has 32 heavy (non-hydrogen) atoms. The fourth-order valence-electron chi connectivity index (χ4n) is 6.23. The van der Waals surface area contributed by atoms with Crippen molar-refractivity contribution in [3.8, 4) is 5.75 Å². The highest BCUT2D eigenvalue weighted by atomic mass is 16.5.